The molecule has 7 heteroatoms. The number of fused-ring (bicyclic) bond motifs is 3. The van der Waals surface area contributed by atoms with Gasteiger partial charge in [0.15, 0.2) is 11.5 Å². The molecule has 146 valence electrons. The molecule has 0 spiro atoms. The fourth-order valence-electron chi connectivity index (χ4n) is 5.75. The molecule has 6 heterocycles. The monoisotopic (exact) mass is 381 g/mol. The summed E-state index contributed by atoms with van der Waals surface area (Å²) in [4.78, 5) is 18.1. The van der Waals surface area contributed by atoms with E-state index in [9.17, 15) is 4.79 Å². The summed E-state index contributed by atoms with van der Waals surface area (Å²) in [6.07, 6.45) is 3.89. The van der Waals surface area contributed by atoms with E-state index in [0.29, 0.717) is 29.8 Å². The highest BCUT2D eigenvalue weighted by Crippen LogP contribution is 2.48. The molecule has 28 heavy (non-hydrogen) atoms. The molecular formula is C21H23N3O4. The number of hydrogen-bond acceptors (Lipinski definition) is 6. The summed E-state index contributed by atoms with van der Waals surface area (Å²) in [5.41, 5.74) is 1.81. The Kier molecular flexibility index (Phi) is 3.50. The molecule has 1 aromatic heterocycles. The third-order valence-corrected chi connectivity index (χ3v) is 7.06. The van der Waals surface area contributed by atoms with Gasteiger partial charge in [-0.3, -0.25) is 9.69 Å². The van der Waals surface area contributed by atoms with Crippen molar-refractivity contribution >= 4 is 5.91 Å². The number of ether oxygens (including phenoxy) is 2. The third kappa shape index (κ3) is 2.25. The van der Waals surface area contributed by atoms with E-state index in [0.717, 1.165) is 24.6 Å². The molecule has 7 nitrogen and oxygen atoms in total. The standard InChI is InChI=1S/C21H23N3O4/c1-12-15(9-22-28-12)21(25)24-10-16(14-2-3-17-18(8-14)27-11-26-17)20-19(24)13-4-6-23(20)7-5-13/h2-3,8-9,13,16,19-20H,4-7,10-11H2,1H3/t16-,19+,20+/m1/s1. The number of carbonyl (C=O) groups is 1. The summed E-state index contributed by atoms with van der Waals surface area (Å²) < 4.78 is 16.3. The Hall–Kier alpha value is -2.54. The van der Waals surface area contributed by atoms with Gasteiger partial charge in [0, 0.05) is 18.5 Å². The number of hydrogen-bond donors (Lipinski definition) is 0. The minimum Gasteiger partial charge on any atom is -0.454 e. The van der Waals surface area contributed by atoms with Gasteiger partial charge in [-0.2, -0.15) is 0 Å². The van der Waals surface area contributed by atoms with Gasteiger partial charge >= 0.3 is 0 Å². The largest absolute Gasteiger partial charge is 0.454 e. The number of benzene rings is 1. The minimum atomic E-state index is 0.0470. The van der Waals surface area contributed by atoms with E-state index in [2.05, 4.69) is 27.1 Å². The van der Waals surface area contributed by atoms with Crippen LogP contribution in [-0.2, 0) is 0 Å². The number of rotatable bonds is 2. The Morgan fingerprint density at radius 3 is 2.75 bits per heavy atom. The van der Waals surface area contributed by atoms with Crippen molar-refractivity contribution in [3.63, 3.8) is 0 Å². The van der Waals surface area contributed by atoms with Crippen molar-refractivity contribution in [1.82, 2.24) is 15.0 Å². The van der Waals surface area contributed by atoms with Gasteiger partial charge in [-0.15, -0.1) is 0 Å². The van der Waals surface area contributed by atoms with E-state index < -0.39 is 0 Å². The van der Waals surface area contributed by atoms with Crippen LogP contribution in [0.15, 0.2) is 28.9 Å². The molecule has 0 N–H and O–H groups in total. The van der Waals surface area contributed by atoms with Crippen LogP contribution in [0.4, 0.5) is 0 Å². The number of aromatic nitrogens is 1. The van der Waals surface area contributed by atoms with E-state index in [1.54, 1.807) is 13.1 Å². The number of piperidine rings is 3. The maximum absolute atomic E-state index is 13.4. The number of nitrogens with zero attached hydrogens (tertiary/aromatic N) is 3. The lowest BCUT2D eigenvalue weighted by Gasteiger charge is -2.51. The highest BCUT2D eigenvalue weighted by molar-refractivity contribution is 5.95. The van der Waals surface area contributed by atoms with E-state index in [-0.39, 0.29) is 24.7 Å². The van der Waals surface area contributed by atoms with Crippen molar-refractivity contribution in [3.05, 3.63) is 41.3 Å². The van der Waals surface area contributed by atoms with Crippen molar-refractivity contribution in [1.29, 1.82) is 0 Å². The molecule has 5 aliphatic rings. The van der Waals surface area contributed by atoms with E-state index >= 15 is 0 Å². The van der Waals surface area contributed by atoms with Gasteiger partial charge in [-0.25, -0.2) is 0 Å². The van der Waals surface area contributed by atoms with Crippen molar-refractivity contribution in [2.75, 3.05) is 26.4 Å². The topological polar surface area (TPSA) is 68.0 Å². The molecule has 3 atom stereocenters. The van der Waals surface area contributed by atoms with Crippen LogP contribution < -0.4 is 9.47 Å². The molecule has 4 saturated heterocycles. The van der Waals surface area contributed by atoms with Crippen molar-refractivity contribution in [3.8, 4) is 11.5 Å². The predicted octanol–water partition coefficient (Wildman–Crippen LogP) is 2.41. The van der Waals surface area contributed by atoms with Crippen molar-refractivity contribution in [2.45, 2.75) is 37.8 Å². The molecule has 4 fully saturated rings. The second-order valence-corrected chi connectivity index (χ2v) is 8.33. The zero-order valence-corrected chi connectivity index (χ0v) is 15.8. The molecule has 5 aliphatic heterocycles. The molecule has 2 bridgehead atoms. The SMILES string of the molecule is Cc1oncc1C(=O)N1C[C@H](c2ccc3c(c2)OCO3)[C@H]2[C@@H]1C1CCN2CC1. The zero-order valence-electron chi connectivity index (χ0n) is 15.8. The highest BCUT2D eigenvalue weighted by atomic mass is 16.7. The maximum atomic E-state index is 13.4. The number of carbonyl (C=O) groups excluding carboxylic acids is 1. The lowest BCUT2D eigenvalue weighted by molar-refractivity contribution is -0.00346. The second kappa shape index (κ2) is 5.98. The zero-order chi connectivity index (χ0) is 18.8. The molecule has 0 unspecified atom stereocenters. The van der Waals surface area contributed by atoms with Crippen LogP contribution in [0.2, 0.25) is 0 Å². The lowest BCUT2D eigenvalue weighted by Crippen LogP contribution is -2.60. The maximum Gasteiger partial charge on any atom is 0.259 e. The molecule has 1 amide bonds. The predicted molar refractivity (Wildman–Crippen MR) is 99.5 cm³/mol. The van der Waals surface area contributed by atoms with Gasteiger partial charge in [0.1, 0.15) is 11.3 Å². The van der Waals surface area contributed by atoms with Gasteiger partial charge < -0.3 is 18.9 Å². The van der Waals surface area contributed by atoms with Crippen LogP contribution in [0, 0.1) is 12.8 Å². The lowest BCUT2D eigenvalue weighted by atomic mass is 9.75. The van der Waals surface area contributed by atoms with E-state index in [4.69, 9.17) is 14.0 Å². The smallest absolute Gasteiger partial charge is 0.259 e. The first-order chi connectivity index (χ1) is 13.7. The highest BCUT2D eigenvalue weighted by Gasteiger charge is 2.55. The Labute approximate surface area is 163 Å². The number of aryl methyl sites for hydroxylation is 1. The third-order valence-electron chi connectivity index (χ3n) is 7.06. The summed E-state index contributed by atoms with van der Waals surface area (Å²) in [5.74, 6) is 3.09. The first-order valence-electron chi connectivity index (χ1n) is 10.1. The summed E-state index contributed by atoms with van der Waals surface area (Å²) in [6, 6.07) is 6.85. The molecule has 7 rings (SSSR count). The molecule has 1 aromatic carbocycles. The normalized spacial score (nSPS) is 32.6. The number of amides is 1. The van der Waals surface area contributed by atoms with Crippen LogP contribution in [0.25, 0.3) is 0 Å². The molecule has 0 radical (unpaired) electrons. The molecule has 0 aliphatic carbocycles. The first-order valence-corrected chi connectivity index (χ1v) is 10.1. The number of likely N-dealkylation sites (tertiary alicyclic amines) is 1. The summed E-state index contributed by atoms with van der Waals surface area (Å²) in [7, 11) is 0. The van der Waals surface area contributed by atoms with Gasteiger partial charge in [-0.1, -0.05) is 11.2 Å². The van der Waals surface area contributed by atoms with Crippen LogP contribution in [0.1, 0.15) is 40.4 Å². The Morgan fingerprint density at radius 2 is 1.96 bits per heavy atom. The minimum absolute atomic E-state index is 0.0470. The van der Waals surface area contributed by atoms with Crippen molar-refractivity contribution in [2.24, 2.45) is 5.92 Å². The van der Waals surface area contributed by atoms with Gasteiger partial charge in [0.05, 0.1) is 12.2 Å². The molecular weight excluding hydrogens is 358 g/mol. The van der Waals surface area contributed by atoms with E-state index in [1.165, 1.54) is 18.4 Å². The Morgan fingerprint density at radius 1 is 1.14 bits per heavy atom. The summed E-state index contributed by atoms with van der Waals surface area (Å²) in [6.45, 7) is 5.05. The summed E-state index contributed by atoms with van der Waals surface area (Å²) in [5, 5.41) is 3.82. The summed E-state index contributed by atoms with van der Waals surface area (Å²) >= 11 is 0. The van der Waals surface area contributed by atoms with Gasteiger partial charge in [-0.05, 0) is 56.5 Å². The van der Waals surface area contributed by atoms with Crippen molar-refractivity contribution < 1.29 is 18.8 Å². The fraction of sp³-hybridized carbons (Fsp3) is 0.524. The van der Waals surface area contributed by atoms with Gasteiger partial charge in [0.25, 0.3) is 5.91 Å². The Bertz CT molecular complexity index is 933. The average Bonchev–Trinajstić information content (AvgIpc) is 3.46. The molecule has 2 aromatic rings. The fourth-order valence-corrected chi connectivity index (χ4v) is 5.75. The van der Waals surface area contributed by atoms with Crippen LogP contribution in [0.5, 0.6) is 11.5 Å². The second-order valence-electron chi connectivity index (χ2n) is 8.33. The Balaban J connectivity index is 1.39. The average molecular weight is 381 g/mol. The molecule has 0 saturated carbocycles. The van der Waals surface area contributed by atoms with E-state index in [1.807, 2.05) is 6.07 Å². The van der Waals surface area contributed by atoms with Crippen LogP contribution in [-0.4, -0.2) is 59.4 Å². The van der Waals surface area contributed by atoms with Gasteiger partial charge in [0.2, 0.25) is 6.79 Å². The first kappa shape index (κ1) is 16.4. The quantitative estimate of drug-likeness (QED) is 0.796. The van der Waals surface area contributed by atoms with Crippen LogP contribution in [0.3, 0.4) is 0 Å². The van der Waals surface area contributed by atoms with Crippen LogP contribution >= 0.6 is 0 Å².